The van der Waals surface area contributed by atoms with Gasteiger partial charge in [0.15, 0.2) is 0 Å². The molecule has 0 saturated heterocycles. The molecule has 88 valence electrons. The summed E-state index contributed by atoms with van der Waals surface area (Å²) in [5.41, 5.74) is 2.28. The molecule has 3 heteroatoms. The minimum Gasteiger partial charge on any atom is -0.496 e. The third-order valence-electron chi connectivity index (χ3n) is 2.58. The average Bonchev–Trinajstić information content (AvgIpc) is 2.24. The molecule has 0 aliphatic carbocycles. The lowest BCUT2D eigenvalue weighted by Gasteiger charge is -2.10. The number of hydrogen-bond donors (Lipinski definition) is 1. The van der Waals surface area contributed by atoms with E-state index in [-0.39, 0.29) is 6.42 Å². The number of para-hydroxylation sites is 1. The maximum absolute atomic E-state index is 10.4. The van der Waals surface area contributed by atoms with Crippen LogP contribution in [0, 0.1) is 6.92 Å². The lowest BCUT2D eigenvalue weighted by atomic mass is 10.0. The molecule has 1 aromatic rings. The molecule has 0 heterocycles. The van der Waals surface area contributed by atoms with Gasteiger partial charge in [-0.25, -0.2) is 0 Å². The first-order chi connectivity index (χ1) is 7.65. The van der Waals surface area contributed by atoms with Crippen LogP contribution in [0.15, 0.2) is 18.2 Å². The first-order valence-corrected chi connectivity index (χ1v) is 5.49. The quantitative estimate of drug-likeness (QED) is 0.753. The Labute approximate surface area is 96.1 Å². The highest BCUT2D eigenvalue weighted by atomic mass is 16.5. The number of unbranched alkanes of at least 4 members (excludes halogenated alkanes) is 1. The molecule has 0 aliphatic rings. The van der Waals surface area contributed by atoms with Crippen molar-refractivity contribution < 1.29 is 14.6 Å². The van der Waals surface area contributed by atoms with E-state index in [1.807, 2.05) is 25.1 Å². The third kappa shape index (κ3) is 3.57. The van der Waals surface area contributed by atoms with Crippen LogP contribution in [0.5, 0.6) is 5.75 Å². The molecule has 0 atom stereocenters. The maximum Gasteiger partial charge on any atom is 0.303 e. The van der Waals surface area contributed by atoms with E-state index in [9.17, 15) is 4.79 Å². The van der Waals surface area contributed by atoms with E-state index in [1.165, 1.54) is 0 Å². The molecule has 0 fully saturated rings. The summed E-state index contributed by atoms with van der Waals surface area (Å²) in [6, 6.07) is 6.05. The van der Waals surface area contributed by atoms with Gasteiger partial charge in [-0.1, -0.05) is 18.2 Å². The Morgan fingerprint density at radius 3 is 2.75 bits per heavy atom. The number of carboxylic acids is 1. The average molecular weight is 222 g/mol. The number of rotatable bonds is 6. The maximum atomic E-state index is 10.4. The summed E-state index contributed by atoms with van der Waals surface area (Å²) >= 11 is 0. The van der Waals surface area contributed by atoms with Gasteiger partial charge in [-0.2, -0.15) is 0 Å². The Hall–Kier alpha value is -1.51. The van der Waals surface area contributed by atoms with Crippen molar-refractivity contribution in [2.24, 2.45) is 0 Å². The number of methoxy groups -OCH3 is 1. The number of hydrogen-bond acceptors (Lipinski definition) is 2. The second-order valence-corrected chi connectivity index (χ2v) is 3.87. The SMILES string of the molecule is COc1c(C)cccc1CCCCC(=O)O. The first kappa shape index (κ1) is 12.6. The number of ether oxygens (including phenoxy) is 1. The Bertz CT molecular complexity index is 358. The van der Waals surface area contributed by atoms with Crippen molar-refractivity contribution in [2.45, 2.75) is 32.6 Å². The van der Waals surface area contributed by atoms with E-state index in [4.69, 9.17) is 9.84 Å². The van der Waals surface area contributed by atoms with Crippen LogP contribution in [0.3, 0.4) is 0 Å². The van der Waals surface area contributed by atoms with Crippen LogP contribution < -0.4 is 4.74 Å². The second kappa shape index (κ2) is 6.16. The monoisotopic (exact) mass is 222 g/mol. The minimum atomic E-state index is -0.726. The number of aliphatic carboxylic acids is 1. The van der Waals surface area contributed by atoms with Gasteiger partial charge in [0.1, 0.15) is 5.75 Å². The topological polar surface area (TPSA) is 46.5 Å². The van der Waals surface area contributed by atoms with Crippen molar-refractivity contribution in [3.63, 3.8) is 0 Å². The fraction of sp³-hybridized carbons (Fsp3) is 0.462. The summed E-state index contributed by atoms with van der Waals surface area (Å²) < 4.78 is 5.34. The highest BCUT2D eigenvalue weighted by Gasteiger charge is 2.05. The molecule has 16 heavy (non-hydrogen) atoms. The minimum absolute atomic E-state index is 0.244. The Kier molecular flexibility index (Phi) is 4.83. The standard InChI is InChI=1S/C13H18O3/c1-10-6-5-8-11(13(10)16-2)7-3-4-9-12(14)15/h5-6,8H,3-4,7,9H2,1-2H3,(H,14,15). The smallest absolute Gasteiger partial charge is 0.303 e. The Balaban J connectivity index is 2.53. The van der Waals surface area contributed by atoms with Gasteiger partial charge in [0.05, 0.1) is 7.11 Å². The molecule has 3 nitrogen and oxygen atoms in total. The van der Waals surface area contributed by atoms with Crippen LogP contribution in [0.4, 0.5) is 0 Å². The van der Waals surface area contributed by atoms with Gasteiger partial charge >= 0.3 is 5.97 Å². The summed E-state index contributed by atoms with van der Waals surface area (Å²) in [7, 11) is 1.67. The predicted molar refractivity (Wildman–Crippen MR) is 62.9 cm³/mol. The van der Waals surface area contributed by atoms with E-state index >= 15 is 0 Å². The fourth-order valence-corrected chi connectivity index (χ4v) is 1.79. The van der Waals surface area contributed by atoms with Crippen molar-refractivity contribution in [1.29, 1.82) is 0 Å². The molecule has 0 unspecified atom stereocenters. The molecular formula is C13H18O3. The summed E-state index contributed by atoms with van der Waals surface area (Å²) in [6.07, 6.45) is 2.71. The molecule has 1 rings (SSSR count). The second-order valence-electron chi connectivity index (χ2n) is 3.87. The van der Waals surface area contributed by atoms with Crippen LogP contribution >= 0.6 is 0 Å². The molecule has 0 spiro atoms. The van der Waals surface area contributed by atoms with Crippen LogP contribution in [-0.2, 0) is 11.2 Å². The molecule has 1 aromatic carbocycles. The zero-order chi connectivity index (χ0) is 12.0. The summed E-state index contributed by atoms with van der Waals surface area (Å²) in [5, 5.41) is 8.53. The molecule has 0 aromatic heterocycles. The van der Waals surface area contributed by atoms with Gasteiger partial charge in [-0.05, 0) is 37.3 Å². The van der Waals surface area contributed by atoms with Gasteiger partial charge in [-0.15, -0.1) is 0 Å². The van der Waals surface area contributed by atoms with E-state index in [2.05, 4.69) is 0 Å². The Morgan fingerprint density at radius 2 is 2.12 bits per heavy atom. The Morgan fingerprint density at radius 1 is 1.38 bits per heavy atom. The lowest BCUT2D eigenvalue weighted by Crippen LogP contribution is -1.97. The first-order valence-electron chi connectivity index (χ1n) is 5.49. The van der Waals surface area contributed by atoms with Gasteiger partial charge < -0.3 is 9.84 Å². The summed E-state index contributed by atoms with van der Waals surface area (Å²) in [5.74, 6) is 0.203. The molecule has 0 amide bonds. The van der Waals surface area contributed by atoms with Crippen molar-refractivity contribution >= 4 is 5.97 Å². The van der Waals surface area contributed by atoms with Crippen molar-refractivity contribution in [2.75, 3.05) is 7.11 Å². The van der Waals surface area contributed by atoms with Crippen LogP contribution in [0.25, 0.3) is 0 Å². The number of carboxylic acid groups (broad SMARTS) is 1. The van der Waals surface area contributed by atoms with Crippen LogP contribution in [-0.4, -0.2) is 18.2 Å². The molecular weight excluding hydrogens is 204 g/mol. The number of benzene rings is 1. The molecule has 0 saturated carbocycles. The van der Waals surface area contributed by atoms with E-state index < -0.39 is 5.97 Å². The van der Waals surface area contributed by atoms with E-state index in [0.717, 1.165) is 29.7 Å². The predicted octanol–water partition coefficient (Wildman–Crippen LogP) is 2.80. The van der Waals surface area contributed by atoms with Gasteiger partial charge in [0.2, 0.25) is 0 Å². The summed E-state index contributed by atoms with van der Waals surface area (Å²) in [6.45, 7) is 2.01. The summed E-state index contributed by atoms with van der Waals surface area (Å²) in [4.78, 5) is 10.4. The van der Waals surface area contributed by atoms with Gasteiger partial charge in [0, 0.05) is 6.42 Å². The molecule has 0 bridgehead atoms. The van der Waals surface area contributed by atoms with Crippen molar-refractivity contribution in [3.8, 4) is 5.75 Å². The highest BCUT2D eigenvalue weighted by molar-refractivity contribution is 5.66. The van der Waals surface area contributed by atoms with E-state index in [1.54, 1.807) is 7.11 Å². The number of carbonyl (C=O) groups is 1. The molecule has 0 aliphatic heterocycles. The van der Waals surface area contributed by atoms with Gasteiger partial charge in [0.25, 0.3) is 0 Å². The molecule has 0 radical (unpaired) electrons. The van der Waals surface area contributed by atoms with Crippen LogP contribution in [0.1, 0.15) is 30.4 Å². The van der Waals surface area contributed by atoms with Crippen molar-refractivity contribution in [1.82, 2.24) is 0 Å². The van der Waals surface area contributed by atoms with E-state index in [0.29, 0.717) is 6.42 Å². The normalized spacial score (nSPS) is 10.1. The van der Waals surface area contributed by atoms with Gasteiger partial charge in [-0.3, -0.25) is 4.79 Å². The zero-order valence-corrected chi connectivity index (χ0v) is 9.82. The highest BCUT2D eigenvalue weighted by Crippen LogP contribution is 2.24. The lowest BCUT2D eigenvalue weighted by molar-refractivity contribution is -0.137. The third-order valence-corrected chi connectivity index (χ3v) is 2.58. The zero-order valence-electron chi connectivity index (χ0n) is 9.82. The number of aryl methyl sites for hydroxylation is 2. The fourth-order valence-electron chi connectivity index (χ4n) is 1.79. The van der Waals surface area contributed by atoms with Crippen molar-refractivity contribution in [3.05, 3.63) is 29.3 Å². The largest absolute Gasteiger partial charge is 0.496 e. The van der Waals surface area contributed by atoms with Crippen LogP contribution in [0.2, 0.25) is 0 Å². The molecule has 1 N–H and O–H groups in total.